The van der Waals surface area contributed by atoms with E-state index in [1.165, 1.54) is 11.3 Å². The van der Waals surface area contributed by atoms with Gasteiger partial charge < -0.3 is 15.2 Å². The van der Waals surface area contributed by atoms with Crippen LogP contribution in [0.4, 0.5) is 5.00 Å². The number of hydrogen-bond donors (Lipinski definition) is 2. The topological polar surface area (TPSA) is 75.6 Å². The highest BCUT2D eigenvalue weighted by Gasteiger charge is 2.26. The van der Waals surface area contributed by atoms with Crippen molar-refractivity contribution in [2.24, 2.45) is 0 Å². The Kier molecular flexibility index (Phi) is 4.55. The first kappa shape index (κ1) is 14.0. The van der Waals surface area contributed by atoms with E-state index in [1.54, 1.807) is 7.11 Å². The van der Waals surface area contributed by atoms with Crippen molar-refractivity contribution < 1.29 is 19.4 Å². The molecule has 1 aromatic heterocycles. The third kappa shape index (κ3) is 3.13. The standard InChI is InChI=1S/C13H17NO4S/c1-18-7-3-6-10(15)14-12-11(13(16)17)8-4-2-5-9(8)19-12/h2-7H2,1H3,(H,14,15)(H,16,17). The molecule has 5 nitrogen and oxygen atoms in total. The largest absolute Gasteiger partial charge is 0.478 e. The van der Waals surface area contributed by atoms with E-state index in [4.69, 9.17) is 4.74 Å². The molecule has 2 rings (SSSR count). The first-order chi connectivity index (χ1) is 9.13. The van der Waals surface area contributed by atoms with Crippen molar-refractivity contribution >= 4 is 28.2 Å². The van der Waals surface area contributed by atoms with E-state index in [0.717, 1.165) is 29.7 Å². The zero-order valence-electron chi connectivity index (χ0n) is 10.8. The fourth-order valence-electron chi connectivity index (χ4n) is 2.28. The Morgan fingerprint density at radius 3 is 2.89 bits per heavy atom. The molecule has 0 saturated carbocycles. The lowest BCUT2D eigenvalue weighted by molar-refractivity contribution is -0.116. The van der Waals surface area contributed by atoms with Crippen LogP contribution in [0.3, 0.4) is 0 Å². The number of fused-ring (bicyclic) bond motifs is 1. The molecule has 1 aromatic rings. The molecule has 1 aliphatic rings. The van der Waals surface area contributed by atoms with Crippen molar-refractivity contribution in [1.29, 1.82) is 0 Å². The Hall–Kier alpha value is -1.40. The molecule has 0 radical (unpaired) electrons. The summed E-state index contributed by atoms with van der Waals surface area (Å²) in [6.07, 6.45) is 3.70. The zero-order chi connectivity index (χ0) is 13.8. The molecule has 0 saturated heterocycles. The highest BCUT2D eigenvalue weighted by Crippen LogP contribution is 2.39. The summed E-state index contributed by atoms with van der Waals surface area (Å²) < 4.78 is 4.88. The summed E-state index contributed by atoms with van der Waals surface area (Å²) in [6, 6.07) is 0. The highest BCUT2D eigenvalue weighted by molar-refractivity contribution is 7.17. The van der Waals surface area contributed by atoms with E-state index in [0.29, 0.717) is 24.4 Å². The smallest absolute Gasteiger partial charge is 0.339 e. The van der Waals surface area contributed by atoms with Crippen LogP contribution in [0.5, 0.6) is 0 Å². The molecule has 0 atom stereocenters. The van der Waals surface area contributed by atoms with Gasteiger partial charge in [0.05, 0.1) is 5.56 Å². The lowest BCUT2D eigenvalue weighted by Gasteiger charge is -2.05. The summed E-state index contributed by atoms with van der Waals surface area (Å²) in [5.41, 5.74) is 1.20. The lowest BCUT2D eigenvalue weighted by atomic mass is 10.1. The number of carbonyl (C=O) groups is 2. The number of amides is 1. The highest BCUT2D eigenvalue weighted by atomic mass is 32.1. The molecule has 0 aromatic carbocycles. The van der Waals surface area contributed by atoms with Crippen LogP contribution in [0, 0.1) is 0 Å². The van der Waals surface area contributed by atoms with Gasteiger partial charge in [0.1, 0.15) is 5.00 Å². The van der Waals surface area contributed by atoms with Gasteiger partial charge >= 0.3 is 5.97 Å². The lowest BCUT2D eigenvalue weighted by Crippen LogP contribution is -2.14. The quantitative estimate of drug-likeness (QED) is 0.785. The summed E-state index contributed by atoms with van der Waals surface area (Å²) in [4.78, 5) is 24.2. The molecule has 6 heteroatoms. The molecule has 0 fully saturated rings. The van der Waals surface area contributed by atoms with Crippen LogP contribution in [0.1, 0.15) is 40.1 Å². The van der Waals surface area contributed by atoms with Crippen LogP contribution in [-0.4, -0.2) is 30.7 Å². The first-order valence-corrected chi connectivity index (χ1v) is 7.11. The SMILES string of the molecule is COCCCC(=O)Nc1sc2c(c1C(=O)O)CCC2. The maximum absolute atomic E-state index is 11.7. The number of carbonyl (C=O) groups excluding carboxylic acids is 1. The van der Waals surface area contributed by atoms with Gasteiger partial charge in [-0.15, -0.1) is 11.3 Å². The van der Waals surface area contributed by atoms with E-state index >= 15 is 0 Å². The molecule has 0 spiro atoms. The second-order valence-corrected chi connectivity index (χ2v) is 5.62. The minimum atomic E-state index is -0.952. The Balaban J connectivity index is 2.08. The fourth-order valence-corrected chi connectivity index (χ4v) is 3.58. The van der Waals surface area contributed by atoms with Crippen molar-refractivity contribution in [3.8, 4) is 0 Å². The van der Waals surface area contributed by atoms with E-state index in [-0.39, 0.29) is 11.5 Å². The number of ether oxygens (including phenoxy) is 1. The first-order valence-electron chi connectivity index (χ1n) is 6.30. The van der Waals surface area contributed by atoms with Crippen LogP contribution >= 0.6 is 11.3 Å². The number of anilines is 1. The molecule has 1 amide bonds. The van der Waals surface area contributed by atoms with Crippen molar-refractivity contribution in [3.63, 3.8) is 0 Å². The number of carboxylic acid groups (broad SMARTS) is 1. The maximum Gasteiger partial charge on any atom is 0.339 e. The van der Waals surface area contributed by atoms with Crippen molar-refractivity contribution in [1.82, 2.24) is 0 Å². The summed E-state index contributed by atoms with van der Waals surface area (Å²) in [6.45, 7) is 0.528. The average Bonchev–Trinajstić information content (AvgIpc) is 2.88. The van der Waals surface area contributed by atoms with Gasteiger partial charge in [0, 0.05) is 25.0 Å². The third-order valence-corrected chi connectivity index (χ3v) is 4.35. The van der Waals surface area contributed by atoms with E-state index in [9.17, 15) is 14.7 Å². The van der Waals surface area contributed by atoms with Crippen molar-refractivity contribution in [3.05, 3.63) is 16.0 Å². The molecule has 19 heavy (non-hydrogen) atoms. The zero-order valence-corrected chi connectivity index (χ0v) is 11.6. The average molecular weight is 283 g/mol. The summed E-state index contributed by atoms with van der Waals surface area (Å²) >= 11 is 1.40. The fraction of sp³-hybridized carbons (Fsp3) is 0.538. The molecular weight excluding hydrogens is 266 g/mol. The van der Waals surface area contributed by atoms with Gasteiger partial charge in [-0.05, 0) is 31.2 Å². The third-order valence-electron chi connectivity index (χ3n) is 3.14. The Morgan fingerprint density at radius 2 is 2.21 bits per heavy atom. The Bertz CT molecular complexity index is 495. The Morgan fingerprint density at radius 1 is 1.42 bits per heavy atom. The minimum Gasteiger partial charge on any atom is -0.478 e. The maximum atomic E-state index is 11.7. The summed E-state index contributed by atoms with van der Waals surface area (Å²) in [7, 11) is 1.59. The number of aryl methyl sites for hydroxylation is 1. The molecule has 2 N–H and O–H groups in total. The van der Waals surface area contributed by atoms with Gasteiger partial charge in [-0.25, -0.2) is 4.79 Å². The summed E-state index contributed by atoms with van der Waals surface area (Å²) in [5.74, 6) is -1.11. The molecule has 0 aliphatic heterocycles. The van der Waals surface area contributed by atoms with Crippen molar-refractivity contribution in [2.75, 3.05) is 19.0 Å². The summed E-state index contributed by atoms with van der Waals surface area (Å²) in [5, 5.41) is 12.5. The van der Waals surface area contributed by atoms with Crippen LogP contribution in [0.2, 0.25) is 0 Å². The van der Waals surface area contributed by atoms with Gasteiger partial charge in [-0.2, -0.15) is 0 Å². The van der Waals surface area contributed by atoms with Crippen LogP contribution in [-0.2, 0) is 22.4 Å². The normalized spacial score (nSPS) is 13.3. The number of hydrogen-bond acceptors (Lipinski definition) is 4. The predicted molar refractivity (Wildman–Crippen MR) is 73.0 cm³/mol. The van der Waals surface area contributed by atoms with E-state index < -0.39 is 5.97 Å². The second kappa shape index (κ2) is 6.16. The predicted octanol–water partition coefficient (Wildman–Crippen LogP) is 2.30. The molecular formula is C13H17NO4S. The molecule has 1 heterocycles. The number of carboxylic acids is 1. The second-order valence-electron chi connectivity index (χ2n) is 4.51. The Labute approximate surface area is 115 Å². The number of aromatic carboxylic acids is 1. The molecule has 0 unspecified atom stereocenters. The number of rotatable bonds is 6. The molecule has 0 bridgehead atoms. The minimum absolute atomic E-state index is 0.153. The molecule has 104 valence electrons. The van der Waals surface area contributed by atoms with Gasteiger partial charge in [0.2, 0.25) is 5.91 Å². The van der Waals surface area contributed by atoms with Gasteiger partial charge in [0.15, 0.2) is 0 Å². The van der Waals surface area contributed by atoms with Crippen LogP contribution in [0.15, 0.2) is 0 Å². The molecule has 1 aliphatic carbocycles. The number of thiophene rings is 1. The van der Waals surface area contributed by atoms with Crippen LogP contribution < -0.4 is 5.32 Å². The van der Waals surface area contributed by atoms with E-state index in [2.05, 4.69) is 5.32 Å². The van der Waals surface area contributed by atoms with Crippen molar-refractivity contribution in [2.45, 2.75) is 32.1 Å². The monoisotopic (exact) mass is 283 g/mol. The number of nitrogens with one attached hydrogen (secondary N) is 1. The number of methoxy groups -OCH3 is 1. The van der Waals surface area contributed by atoms with Gasteiger partial charge in [0.25, 0.3) is 0 Å². The van der Waals surface area contributed by atoms with E-state index in [1.807, 2.05) is 0 Å². The van der Waals surface area contributed by atoms with Crippen LogP contribution in [0.25, 0.3) is 0 Å². The van der Waals surface area contributed by atoms with Gasteiger partial charge in [-0.3, -0.25) is 4.79 Å². The van der Waals surface area contributed by atoms with Gasteiger partial charge in [-0.1, -0.05) is 0 Å².